The van der Waals surface area contributed by atoms with Crippen LogP contribution >= 0.6 is 0 Å². The van der Waals surface area contributed by atoms with Crippen molar-refractivity contribution in [3.8, 4) is 46.0 Å². The van der Waals surface area contributed by atoms with E-state index in [9.17, 15) is 79.2 Å². The lowest BCUT2D eigenvalue weighted by atomic mass is 9.83. The van der Waals surface area contributed by atoms with Crippen LogP contribution in [0.25, 0.3) is 0 Å². The Hall–Kier alpha value is -10.5. The van der Waals surface area contributed by atoms with Gasteiger partial charge in [0.25, 0.3) is 0 Å². The molecular weight excluding hydrogens is 929 g/mol. The van der Waals surface area contributed by atoms with Gasteiger partial charge in [-0.25, -0.2) is 0 Å². The molecule has 8 N–H and O–H groups in total. The van der Waals surface area contributed by atoms with E-state index in [1.54, 1.807) is 0 Å². The summed E-state index contributed by atoms with van der Waals surface area (Å²) in [6.07, 6.45) is 0. The van der Waals surface area contributed by atoms with Crippen molar-refractivity contribution >= 4 is 46.3 Å². The summed E-state index contributed by atoms with van der Waals surface area (Å²) in [5, 5.41) is 77.7. The Labute approximate surface area is 404 Å². The van der Waals surface area contributed by atoms with Crippen molar-refractivity contribution in [1.29, 1.82) is 0 Å². The van der Waals surface area contributed by atoms with Crippen LogP contribution in [0.2, 0.25) is 0 Å². The summed E-state index contributed by atoms with van der Waals surface area (Å²) in [6.45, 7) is 0. The lowest BCUT2D eigenvalue weighted by Gasteiger charge is -2.18. The molecule has 0 unspecified atom stereocenters. The molecule has 4 aliphatic carbocycles. The third-order valence-electron chi connectivity index (χ3n) is 12.1. The monoisotopic (exact) mass is 960 g/mol. The lowest BCUT2D eigenvalue weighted by molar-refractivity contribution is 0.0974. The van der Waals surface area contributed by atoms with Crippen LogP contribution in [0.1, 0.15) is 127 Å². The molecular formula is C56H32O16. The minimum atomic E-state index is -0.532. The van der Waals surface area contributed by atoms with Gasteiger partial charge in [0.05, 0.1) is 44.5 Å². The first-order valence-corrected chi connectivity index (χ1v) is 21.4. The predicted octanol–water partition coefficient (Wildman–Crippen LogP) is 7.49. The molecule has 0 saturated heterocycles. The standard InChI is InChI=1S/4C14H8O4/c4*15-9-5-1-3-7-11(9)14(18)12-8(13(7)17)4-2-6-10(12)16/h4*1-6,15-16H. The molecule has 8 aromatic rings. The Morgan fingerprint density at radius 3 is 0.389 bits per heavy atom. The molecule has 0 heterocycles. The number of phenols is 8. The van der Waals surface area contributed by atoms with Crippen LogP contribution in [-0.4, -0.2) is 87.1 Å². The average molecular weight is 961 g/mol. The zero-order valence-corrected chi connectivity index (χ0v) is 36.7. The molecule has 0 spiro atoms. The number of carbonyl (C=O) groups is 8. The first kappa shape index (κ1) is 46.6. The van der Waals surface area contributed by atoms with Crippen LogP contribution in [0.15, 0.2) is 146 Å². The number of carbonyl (C=O) groups excluding carboxylic acids is 8. The van der Waals surface area contributed by atoms with Crippen LogP contribution in [0.5, 0.6) is 46.0 Å². The minimum absolute atomic E-state index is 0.0449. The van der Waals surface area contributed by atoms with E-state index in [2.05, 4.69) is 0 Å². The second kappa shape index (κ2) is 17.9. The zero-order chi connectivity index (χ0) is 51.4. The SMILES string of the molecule is O=C1c2cccc(O)c2C(=O)c2c(O)cccc21.O=C1c2cccc(O)c2C(=O)c2c(O)cccc21.O=C1c2cccc(O)c2C(=O)c2c(O)cccc21.O=C1c2cccc(O)c2C(=O)c2c(O)cccc21. The highest BCUT2D eigenvalue weighted by molar-refractivity contribution is 6.33. The van der Waals surface area contributed by atoms with Crippen molar-refractivity contribution in [2.75, 3.05) is 0 Å². The average Bonchev–Trinajstić information content (AvgIpc) is 3.36. The number of hydrogen-bond donors (Lipinski definition) is 8. The Bertz CT molecular complexity index is 3070. The maximum absolute atomic E-state index is 12.2. The van der Waals surface area contributed by atoms with Crippen molar-refractivity contribution in [3.05, 3.63) is 235 Å². The molecule has 0 amide bonds. The first-order chi connectivity index (χ1) is 34.4. The Kier molecular flexibility index (Phi) is 11.6. The molecule has 4 aliphatic rings. The fourth-order valence-corrected chi connectivity index (χ4v) is 8.82. The fraction of sp³-hybridized carbons (Fsp3) is 0. The molecule has 12 rings (SSSR count). The van der Waals surface area contributed by atoms with Crippen LogP contribution in [-0.2, 0) is 0 Å². The Morgan fingerprint density at radius 2 is 0.278 bits per heavy atom. The van der Waals surface area contributed by atoms with E-state index >= 15 is 0 Å². The molecule has 0 radical (unpaired) electrons. The lowest BCUT2D eigenvalue weighted by Crippen LogP contribution is -2.20. The molecule has 0 fully saturated rings. The van der Waals surface area contributed by atoms with Crippen molar-refractivity contribution in [2.45, 2.75) is 0 Å². The summed E-state index contributed by atoms with van der Waals surface area (Å²) in [7, 11) is 0. The summed E-state index contributed by atoms with van der Waals surface area (Å²) in [5.41, 5.74) is 0.960. The quantitative estimate of drug-likeness (QED) is 0.0730. The van der Waals surface area contributed by atoms with Gasteiger partial charge in [0.15, 0.2) is 23.1 Å². The van der Waals surface area contributed by atoms with Crippen LogP contribution < -0.4 is 0 Å². The molecule has 16 nitrogen and oxygen atoms in total. The van der Waals surface area contributed by atoms with Crippen molar-refractivity contribution in [1.82, 2.24) is 0 Å². The Balaban J connectivity index is 0.000000119. The second-order valence-corrected chi connectivity index (χ2v) is 16.2. The zero-order valence-electron chi connectivity index (χ0n) is 36.7. The smallest absolute Gasteiger partial charge is 0.201 e. The van der Waals surface area contributed by atoms with Gasteiger partial charge in [-0.2, -0.15) is 0 Å². The van der Waals surface area contributed by atoms with Gasteiger partial charge in [-0.1, -0.05) is 97.1 Å². The number of fused-ring (bicyclic) bond motifs is 8. The summed E-state index contributed by atoms with van der Waals surface area (Å²) < 4.78 is 0. The molecule has 16 heteroatoms. The summed E-state index contributed by atoms with van der Waals surface area (Å²) in [6, 6.07) is 34.7. The number of hydrogen-bond acceptors (Lipinski definition) is 16. The first-order valence-electron chi connectivity index (χ1n) is 21.4. The topological polar surface area (TPSA) is 298 Å². The number of ketones is 8. The highest BCUT2D eigenvalue weighted by atomic mass is 16.3. The summed E-state index contributed by atoms with van der Waals surface area (Å²) >= 11 is 0. The predicted molar refractivity (Wildman–Crippen MR) is 252 cm³/mol. The largest absolute Gasteiger partial charge is 0.507 e. The third kappa shape index (κ3) is 7.44. The molecule has 72 heavy (non-hydrogen) atoms. The van der Waals surface area contributed by atoms with E-state index in [1.165, 1.54) is 146 Å². The van der Waals surface area contributed by atoms with E-state index in [4.69, 9.17) is 0 Å². The highest BCUT2D eigenvalue weighted by Gasteiger charge is 2.37. The van der Waals surface area contributed by atoms with E-state index in [0.29, 0.717) is 0 Å². The summed E-state index contributed by atoms with van der Waals surface area (Å²) in [4.78, 5) is 97.6. The van der Waals surface area contributed by atoms with Gasteiger partial charge in [0, 0.05) is 44.5 Å². The van der Waals surface area contributed by atoms with Gasteiger partial charge in [-0.05, 0) is 48.5 Å². The Morgan fingerprint density at radius 1 is 0.167 bits per heavy atom. The maximum atomic E-state index is 12.2. The normalized spacial score (nSPS) is 13.1. The molecule has 0 aliphatic heterocycles. The van der Waals surface area contributed by atoms with Gasteiger partial charge in [0.2, 0.25) is 23.1 Å². The number of phenolic OH excluding ortho intramolecular Hbond substituents is 8. The minimum Gasteiger partial charge on any atom is -0.507 e. The summed E-state index contributed by atoms with van der Waals surface area (Å²) in [5.74, 6) is -5.60. The van der Waals surface area contributed by atoms with Crippen LogP contribution in [0.4, 0.5) is 0 Å². The van der Waals surface area contributed by atoms with Crippen LogP contribution in [0.3, 0.4) is 0 Å². The van der Waals surface area contributed by atoms with Crippen molar-refractivity contribution in [3.63, 3.8) is 0 Å². The van der Waals surface area contributed by atoms with Gasteiger partial charge in [-0.15, -0.1) is 0 Å². The number of rotatable bonds is 0. The maximum Gasteiger partial charge on any atom is 0.201 e. The highest BCUT2D eigenvalue weighted by Crippen LogP contribution is 2.40. The number of benzene rings is 8. The van der Waals surface area contributed by atoms with E-state index < -0.39 is 23.1 Å². The van der Waals surface area contributed by atoms with Gasteiger partial charge in [-0.3, -0.25) is 38.4 Å². The van der Waals surface area contributed by atoms with E-state index in [0.717, 1.165) is 0 Å². The van der Waals surface area contributed by atoms with Crippen molar-refractivity contribution < 1.29 is 79.2 Å². The fourth-order valence-electron chi connectivity index (χ4n) is 8.82. The van der Waals surface area contributed by atoms with Crippen LogP contribution in [0, 0.1) is 0 Å². The number of aromatic hydroxyl groups is 8. The molecule has 352 valence electrons. The second-order valence-electron chi connectivity index (χ2n) is 16.2. The van der Waals surface area contributed by atoms with E-state index in [-0.39, 0.29) is 158 Å². The van der Waals surface area contributed by atoms with Gasteiger partial charge < -0.3 is 40.9 Å². The van der Waals surface area contributed by atoms with E-state index in [1.807, 2.05) is 0 Å². The molecule has 0 saturated carbocycles. The molecule has 0 bridgehead atoms. The molecule has 8 aromatic carbocycles. The third-order valence-corrected chi connectivity index (χ3v) is 12.1. The van der Waals surface area contributed by atoms with Gasteiger partial charge in [0.1, 0.15) is 46.0 Å². The molecule has 0 atom stereocenters. The molecule has 0 aromatic heterocycles. The van der Waals surface area contributed by atoms with Crippen molar-refractivity contribution in [2.24, 2.45) is 0 Å². The van der Waals surface area contributed by atoms with Gasteiger partial charge >= 0.3 is 0 Å².